The smallest absolute Gasteiger partial charge is 0.324 e. The van der Waals surface area contributed by atoms with E-state index in [9.17, 15) is 19.7 Å². The fourth-order valence-corrected chi connectivity index (χ4v) is 3.45. The molecule has 3 rings (SSSR count). The van der Waals surface area contributed by atoms with Crippen LogP contribution in [0.5, 0.6) is 0 Å². The van der Waals surface area contributed by atoms with Gasteiger partial charge in [0.25, 0.3) is 5.91 Å². The highest BCUT2D eigenvalue weighted by Gasteiger charge is 2.35. The summed E-state index contributed by atoms with van der Waals surface area (Å²) < 4.78 is 0. The number of likely N-dealkylation sites (tertiary alicyclic amines) is 1. The molecule has 3 heterocycles. The van der Waals surface area contributed by atoms with Crippen LogP contribution in [0.1, 0.15) is 22.5 Å². The van der Waals surface area contributed by atoms with Crippen molar-refractivity contribution in [3.05, 3.63) is 45.5 Å². The van der Waals surface area contributed by atoms with Gasteiger partial charge >= 0.3 is 5.00 Å². The molecule has 0 aromatic carbocycles. The number of nitrogen functional groups attached to an aromatic ring is 1. The molecule has 10 heteroatoms. The van der Waals surface area contributed by atoms with Gasteiger partial charge in [-0.15, -0.1) is 0 Å². The molecule has 25 heavy (non-hydrogen) atoms. The summed E-state index contributed by atoms with van der Waals surface area (Å²) >= 11 is 0.809. The number of carbonyl (C=O) groups is 2. The summed E-state index contributed by atoms with van der Waals surface area (Å²) in [4.78, 5) is 40.9. The lowest BCUT2D eigenvalue weighted by Gasteiger charge is -2.23. The fourth-order valence-electron chi connectivity index (χ4n) is 2.67. The van der Waals surface area contributed by atoms with Crippen LogP contribution in [-0.4, -0.2) is 39.2 Å². The number of nitro groups is 1. The Labute approximate surface area is 146 Å². The van der Waals surface area contributed by atoms with Gasteiger partial charge in [-0.1, -0.05) is 11.3 Å². The molecule has 0 radical (unpaired) electrons. The lowest BCUT2D eigenvalue weighted by atomic mass is 10.2. The van der Waals surface area contributed by atoms with Crippen LogP contribution in [-0.2, 0) is 4.79 Å². The molecule has 0 bridgehead atoms. The maximum absolute atomic E-state index is 12.6. The van der Waals surface area contributed by atoms with E-state index in [0.29, 0.717) is 30.9 Å². The Hall–Kier alpha value is -3.01. The summed E-state index contributed by atoms with van der Waals surface area (Å²) in [5, 5.41) is 13.4. The highest BCUT2D eigenvalue weighted by atomic mass is 32.1. The number of amides is 2. The molecule has 130 valence electrons. The number of rotatable bonds is 4. The minimum absolute atomic E-state index is 0.100. The average molecular weight is 361 g/mol. The first kappa shape index (κ1) is 16.8. The van der Waals surface area contributed by atoms with E-state index in [1.165, 1.54) is 23.2 Å². The van der Waals surface area contributed by atoms with Crippen molar-refractivity contribution in [3.63, 3.8) is 0 Å². The summed E-state index contributed by atoms with van der Waals surface area (Å²) in [6.07, 6.45) is 2.67. The van der Waals surface area contributed by atoms with Gasteiger partial charge in [-0.2, -0.15) is 0 Å². The highest BCUT2D eigenvalue weighted by Crippen LogP contribution is 2.28. The number of thiophene rings is 1. The molecule has 3 N–H and O–H groups in total. The molecular formula is C15H15N5O4S. The van der Waals surface area contributed by atoms with E-state index in [-0.39, 0.29) is 21.7 Å². The Morgan fingerprint density at radius 1 is 1.36 bits per heavy atom. The molecule has 0 spiro atoms. The standard InChI is InChI=1S/C15H15N5O4S/c16-12-5-3-9(8-17-12)18-14(21)10-2-1-7-19(10)15(22)11-4-6-13(25-11)20(23)24/h3-6,8,10H,1-2,7H2,(H2,16,17)(H,18,21). The lowest BCUT2D eigenvalue weighted by molar-refractivity contribution is -0.380. The van der Waals surface area contributed by atoms with E-state index in [1.54, 1.807) is 12.1 Å². The molecule has 2 aromatic rings. The van der Waals surface area contributed by atoms with Crippen molar-refractivity contribution in [3.8, 4) is 0 Å². The minimum Gasteiger partial charge on any atom is -0.384 e. The third-order valence-electron chi connectivity index (χ3n) is 3.85. The van der Waals surface area contributed by atoms with Crippen LogP contribution in [0, 0.1) is 10.1 Å². The van der Waals surface area contributed by atoms with Crippen molar-refractivity contribution >= 4 is 39.7 Å². The first-order chi connectivity index (χ1) is 12.0. The Bertz CT molecular complexity index is 820. The van der Waals surface area contributed by atoms with Crippen LogP contribution in [0.3, 0.4) is 0 Å². The van der Waals surface area contributed by atoms with Crippen molar-refractivity contribution in [1.29, 1.82) is 0 Å². The zero-order chi connectivity index (χ0) is 18.0. The van der Waals surface area contributed by atoms with Gasteiger partial charge in [0.1, 0.15) is 11.9 Å². The summed E-state index contributed by atoms with van der Waals surface area (Å²) in [6.45, 7) is 0.433. The number of hydrogen-bond acceptors (Lipinski definition) is 7. The van der Waals surface area contributed by atoms with Crippen molar-refractivity contribution in [2.45, 2.75) is 18.9 Å². The summed E-state index contributed by atoms with van der Waals surface area (Å²) in [6, 6.07) is 5.29. The van der Waals surface area contributed by atoms with Gasteiger partial charge in [0, 0.05) is 12.6 Å². The second kappa shape index (κ2) is 6.85. The number of nitrogens with zero attached hydrogens (tertiary/aromatic N) is 3. The van der Waals surface area contributed by atoms with E-state index >= 15 is 0 Å². The number of nitrogens with two attached hydrogens (primary N) is 1. The molecule has 1 aliphatic rings. The highest BCUT2D eigenvalue weighted by molar-refractivity contribution is 7.17. The molecule has 1 aliphatic heterocycles. The van der Waals surface area contributed by atoms with Crippen molar-refractivity contribution in [2.24, 2.45) is 0 Å². The molecule has 1 saturated heterocycles. The number of hydrogen-bond donors (Lipinski definition) is 2. The zero-order valence-electron chi connectivity index (χ0n) is 13.0. The largest absolute Gasteiger partial charge is 0.384 e. The quantitative estimate of drug-likeness (QED) is 0.631. The van der Waals surface area contributed by atoms with Crippen LogP contribution >= 0.6 is 11.3 Å². The van der Waals surface area contributed by atoms with E-state index < -0.39 is 11.0 Å². The van der Waals surface area contributed by atoms with Gasteiger partial charge in [-0.3, -0.25) is 19.7 Å². The van der Waals surface area contributed by atoms with Crippen molar-refractivity contribution in [2.75, 3.05) is 17.6 Å². The summed E-state index contributed by atoms with van der Waals surface area (Å²) in [7, 11) is 0. The van der Waals surface area contributed by atoms with E-state index in [1.807, 2.05) is 0 Å². The van der Waals surface area contributed by atoms with Crippen LogP contribution in [0.15, 0.2) is 30.5 Å². The number of nitrogens with one attached hydrogen (secondary N) is 1. The summed E-state index contributed by atoms with van der Waals surface area (Å²) in [5.41, 5.74) is 6.00. The van der Waals surface area contributed by atoms with Gasteiger partial charge in [0.2, 0.25) is 5.91 Å². The first-order valence-corrected chi connectivity index (χ1v) is 8.35. The molecular weight excluding hydrogens is 346 g/mol. The predicted molar refractivity (Wildman–Crippen MR) is 92.3 cm³/mol. The van der Waals surface area contributed by atoms with Crippen LogP contribution in [0.4, 0.5) is 16.5 Å². The van der Waals surface area contributed by atoms with E-state index in [4.69, 9.17) is 5.73 Å². The maximum atomic E-state index is 12.6. The van der Waals surface area contributed by atoms with Gasteiger partial charge < -0.3 is 16.0 Å². The second-order valence-corrected chi connectivity index (χ2v) is 6.57. The third-order valence-corrected chi connectivity index (χ3v) is 4.88. The summed E-state index contributed by atoms with van der Waals surface area (Å²) in [5.74, 6) is -0.343. The Morgan fingerprint density at radius 3 is 2.80 bits per heavy atom. The first-order valence-electron chi connectivity index (χ1n) is 7.53. The number of anilines is 2. The number of carbonyl (C=O) groups excluding carboxylic acids is 2. The number of aromatic nitrogens is 1. The van der Waals surface area contributed by atoms with Crippen LogP contribution < -0.4 is 11.1 Å². The maximum Gasteiger partial charge on any atom is 0.324 e. The van der Waals surface area contributed by atoms with Gasteiger partial charge in [0.15, 0.2) is 0 Å². The number of pyridine rings is 1. The van der Waals surface area contributed by atoms with E-state index in [0.717, 1.165) is 11.3 Å². The average Bonchev–Trinajstić information content (AvgIpc) is 3.26. The fraction of sp³-hybridized carbons (Fsp3) is 0.267. The van der Waals surface area contributed by atoms with Crippen LogP contribution in [0.25, 0.3) is 0 Å². The normalized spacial score (nSPS) is 16.6. The minimum atomic E-state index is -0.619. The monoisotopic (exact) mass is 361 g/mol. The molecule has 2 aromatic heterocycles. The Balaban J connectivity index is 1.72. The Morgan fingerprint density at radius 2 is 2.16 bits per heavy atom. The van der Waals surface area contributed by atoms with Gasteiger partial charge in [0.05, 0.1) is 21.7 Å². The molecule has 1 atom stereocenters. The van der Waals surface area contributed by atoms with Crippen LogP contribution in [0.2, 0.25) is 0 Å². The van der Waals surface area contributed by atoms with Crippen molar-refractivity contribution in [1.82, 2.24) is 9.88 Å². The second-order valence-electron chi connectivity index (χ2n) is 5.51. The van der Waals surface area contributed by atoms with Gasteiger partial charge in [-0.25, -0.2) is 4.98 Å². The lowest BCUT2D eigenvalue weighted by Crippen LogP contribution is -2.42. The molecule has 9 nitrogen and oxygen atoms in total. The van der Waals surface area contributed by atoms with E-state index in [2.05, 4.69) is 10.3 Å². The topological polar surface area (TPSA) is 131 Å². The Kier molecular flexibility index (Phi) is 4.61. The zero-order valence-corrected chi connectivity index (χ0v) is 13.9. The molecule has 0 saturated carbocycles. The molecule has 2 amide bonds. The third kappa shape index (κ3) is 3.58. The SMILES string of the molecule is Nc1ccc(NC(=O)C2CCCN2C(=O)c2ccc([N+](=O)[O-])s2)cn1. The molecule has 1 unspecified atom stereocenters. The predicted octanol–water partition coefficient (Wildman–Crippen LogP) is 1.88. The van der Waals surface area contributed by atoms with Crippen molar-refractivity contribution < 1.29 is 14.5 Å². The van der Waals surface area contributed by atoms with Gasteiger partial charge in [-0.05, 0) is 31.0 Å². The molecule has 0 aliphatic carbocycles. The molecule has 1 fully saturated rings.